The summed E-state index contributed by atoms with van der Waals surface area (Å²) in [5.41, 5.74) is 0.203. The summed E-state index contributed by atoms with van der Waals surface area (Å²) in [5, 5.41) is 3.97. The van der Waals surface area contributed by atoms with E-state index in [1.807, 2.05) is 6.92 Å². The summed E-state index contributed by atoms with van der Waals surface area (Å²) in [7, 11) is 0. The zero-order valence-electron chi connectivity index (χ0n) is 11.8. The first-order valence-corrected chi connectivity index (χ1v) is 7.34. The molecule has 1 amide bonds. The lowest BCUT2D eigenvalue weighted by Crippen LogP contribution is -2.27. The van der Waals surface area contributed by atoms with Crippen molar-refractivity contribution >= 4 is 45.0 Å². The molecule has 1 N–H and O–H groups in total. The van der Waals surface area contributed by atoms with E-state index in [1.54, 1.807) is 32.2 Å². The highest BCUT2D eigenvalue weighted by Crippen LogP contribution is 2.24. The first-order chi connectivity index (χ1) is 9.23. The van der Waals surface area contributed by atoms with E-state index in [2.05, 4.69) is 10.3 Å². The highest BCUT2D eigenvalue weighted by atomic mass is 35.5. The minimum absolute atomic E-state index is 0.336. The standard InChI is InChI=1S/C13H17ClN2O3S/c1-5-6-8(10(14)17)9-7-20-11(15-9)16-12(18)19-13(2,3)4/h6-7H,5H2,1-4H3,(H,15,16,18)/b8-6-. The largest absolute Gasteiger partial charge is 0.444 e. The van der Waals surface area contributed by atoms with Gasteiger partial charge in [-0.3, -0.25) is 10.1 Å². The van der Waals surface area contributed by atoms with Gasteiger partial charge in [-0.05, 0) is 38.8 Å². The molecule has 0 aliphatic rings. The van der Waals surface area contributed by atoms with E-state index in [9.17, 15) is 9.59 Å². The number of nitrogens with one attached hydrogen (secondary N) is 1. The van der Waals surface area contributed by atoms with E-state index in [-0.39, 0.29) is 0 Å². The third-order valence-corrected chi connectivity index (χ3v) is 2.97. The van der Waals surface area contributed by atoms with Crippen LogP contribution in [0.15, 0.2) is 11.5 Å². The van der Waals surface area contributed by atoms with Crippen molar-refractivity contribution in [2.45, 2.75) is 39.7 Å². The average molecular weight is 317 g/mol. The second kappa shape index (κ2) is 6.85. The topological polar surface area (TPSA) is 68.3 Å². The number of hydrogen-bond acceptors (Lipinski definition) is 5. The summed E-state index contributed by atoms with van der Waals surface area (Å²) < 4.78 is 5.12. The molecule has 0 bridgehead atoms. The predicted molar refractivity (Wildman–Crippen MR) is 81.1 cm³/mol. The van der Waals surface area contributed by atoms with Crippen molar-refractivity contribution in [3.05, 3.63) is 17.2 Å². The number of amides is 1. The van der Waals surface area contributed by atoms with Gasteiger partial charge in [0.2, 0.25) is 0 Å². The van der Waals surface area contributed by atoms with Gasteiger partial charge in [-0.15, -0.1) is 11.3 Å². The Kier molecular flexibility index (Phi) is 5.71. The molecule has 1 aromatic rings. The van der Waals surface area contributed by atoms with E-state index in [1.165, 1.54) is 11.3 Å². The van der Waals surface area contributed by atoms with Gasteiger partial charge in [0.1, 0.15) is 5.60 Å². The SMILES string of the molecule is CC/C=C(\C(=O)Cl)c1csc(NC(=O)OC(C)(C)C)n1. The van der Waals surface area contributed by atoms with Crippen LogP contribution in [-0.4, -0.2) is 21.9 Å². The molecule has 0 saturated heterocycles. The van der Waals surface area contributed by atoms with Crippen molar-refractivity contribution < 1.29 is 14.3 Å². The third kappa shape index (κ3) is 5.30. The highest BCUT2D eigenvalue weighted by molar-refractivity contribution is 7.14. The minimum atomic E-state index is -0.586. The smallest absolute Gasteiger partial charge is 0.413 e. The Bertz CT molecular complexity index is 532. The van der Waals surface area contributed by atoms with Crippen LogP contribution in [0, 0.1) is 0 Å². The number of ether oxygens (including phenoxy) is 1. The molecule has 1 aromatic heterocycles. The first kappa shape index (κ1) is 16.7. The van der Waals surface area contributed by atoms with Crippen LogP contribution in [0.3, 0.4) is 0 Å². The van der Waals surface area contributed by atoms with Crippen molar-refractivity contribution in [2.24, 2.45) is 0 Å². The van der Waals surface area contributed by atoms with Gasteiger partial charge in [0, 0.05) is 5.38 Å². The quantitative estimate of drug-likeness (QED) is 0.672. The zero-order chi connectivity index (χ0) is 15.3. The van der Waals surface area contributed by atoms with Crippen LogP contribution < -0.4 is 5.32 Å². The minimum Gasteiger partial charge on any atom is -0.444 e. The van der Waals surface area contributed by atoms with Crippen molar-refractivity contribution in [3.8, 4) is 0 Å². The number of carbonyl (C=O) groups is 2. The van der Waals surface area contributed by atoms with E-state index >= 15 is 0 Å². The van der Waals surface area contributed by atoms with Crippen LogP contribution in [0.4, 0.5) is 9.93 Å². The van der Waals surface area contributed by atoms with Gasteiger partial charge in [0.25, 0.3) is 5.24 Å². The predicted octanol–water partition coefficient (Wildman–Crippen LogP) is 4.05. The van der Waals surface area contributed by atoms with Crippen LogP contribution in [0.1, 0.15) is 39.8 Å². The lowest BCUT2D eigenvalue weighted by Gasteiger charge is -2.18. The maximum absolute atomic E-state index is 11.6. The lowest BCUT2D eigenvalue weighted by atomic mass is 10.2. The molecule has 0 fully saturated rings. The molecule has 1 heterocycles. The summed E-state index contributed by atoms with van der Waals surface area (Å²) in [6, 6.07) is 0. The molecule has 0 aliphatic heterocycles. The maximum Gasteiger partial charge on any atom is 0.413 e. The van der Waals surface area contributed by atoms with Crippen molar-refractivity contribution in [1.82, 2.24) is 4.98 Å². The monoisotopic (exact) mass is 316 g/mol. The number of nitrogens with zero attached hydrogens (tertiary/aromatic N) is 1. The molecule has 0 radical (unpaired) electrons. The zero-order valence-corrected chi connectivity index (χ0v) is 13.4. The van der Waals surface area contributed by atoms with Gasteiger partial charge in [-0.2, -0.15) is 0 Å². The fourth-order valence-electron chi connectivity index (χ4n) is 1.34. The van der Waals surface area contributed by atoms with Crippen LogP contribution in [0.25, 0.3) is 5.57 Å². The number of allylic oxidation sites excluding steroid dienone is 2. The number of aromatic nitrogens is 1. The van der Waals surface area contributed by atoms with E-state index in [4.69, 9.17) is 16.3 Å². The molecule has 0 saturated carbocycles. The van der Waals surface area contributed by atoms with Gasteiger partial charge in [-0.1, -0.05) is 13.0 Å². The molecular formula is C13H17ClN2O3S. The summed E-state index contributed by atoms with van der Waals surface area (Å²) in [4.78, 5) is 27.0. The molecule has 0 aromatic carbocycles. The molecule has 7 heteroatoms. The fraction of sp³-hybridized carbons (Fsp3) is 0.462. The maximum atomic E-state index is 11.6. The van der Waals surface area contributed by atoms with Crippen LogP contribution in [-0.2, 0) is 9.53 Å². The molecular weight excluding hydrogens is 300 g/mol. The Morgan fingerprint density at radius 3 is 2.65 bits per heavy atom. The fourth-order valence-corrected chi connectivity index (χ4v) is 2.21. The molecule has 5 nitrogen and oxygen atoms in total. The van der Waals surface area contributed by atoms with E-state index in [0.29, 0.717) is 22.8 Å². The number of halogens is 1. The van der Waals surface area contributed by atoms with Gasteiger partial charge >= 0.3 is 6.09 Å². The lowest BCUT2D eigenvalue weighted by molar-refractivity contribution is -0.106. The van der Waals surface area contributed by atoms with Crippen molar-refractivity contribution in [1.29, 1.82) is 0 Å². The van der Waals surface area contributed by atoms with Gasteiger partial charge in [0.15, 0.2) is 5.13 Å². The summed E-state index contributed by atoms with van der Waals surface area (Å²) >= 11 is 6.71. The Morgan fingerprint density at radius 1 is 1.50 bits per heavy atom. The van der Waals surface area contributed by atoms with E-state index < -0.39 is 16.9 Å². The second-order valence-corrected chi connectivity index (χ2v) is 6.17. The van der Waals surface area contributed by atoms with Gasteiger partial charge in [0.05, 0.1) is 11.3 Å². The Morgan fingerprint density at radius 2 is 2.15 bits per heavy atom. The Hall–Kier alpha value is -1.40. The van der Waals surface area contributed by atoms with Gasteiger partial charge < -0.3 is 4.74 Å². The summed E-state index contributed by atoms with van der Waals surface area (Å²) in [6.07, 6.45) is 1.78. The second-order valence-electron chi connectivity index (χ2n) is 4.96. The molecule has 20 heavy (non-hydrogen) atoms. The number of anilines is 1. The summed E-state index contributed by atoms with van der Waals surface area (Å²) in [6.45, 7) is 7.21. The van der Waals surface area contributed by atoms with Crippen LogP contribution in [0.5, 0.6) is 0 Å². The van der Waals surface area contributed by atoms with Gasteiger partial charge in [-0.25, -0.2) is 9.78 Å². The summed E-state index contributed by atoms with van der Waals surface area (Å²) in [5.74, 6) is 0. The average Bonchev–Trinajstić information content (AvgIpc) is 2.70. The van der Waals surface area contributed by atoms with Crippen LogP contribution in [0.2, 0.25) is 0 Å². The molecule has 1 rings (SSSR count). The molecule has 110 valence electrons. The molecule has 0 unspecified atom stereocenters. The molecule has 0 aliphatic carbocycles. The van der Waals surface area contributed by atoms with Crippen molar-refractivity contribution in [2.75, 3.05) is 5.32 Å². The van der Waals surface area contributed by atoms with Crippen LogP contribution >= 0.6 is 22.9 Å². The number of rotatable bonds is 4. The number of carbonyl (C=O) groups excluding carboxylic acids is 2. The molecule has 0 spiro atoms. The van der Waals surface area contributed by atoms with E-state index in [0.717, 1.165) is 0 Å². The normalized spacial score (nSPS) is 12.2. The van der Waals surface area contributed by atoms with Crippen molar-refractivity contribution in [3.63, 3.8) is 0 Å². The number of hydrogen-bond donors (Lipinski definition) is 1. The molecule has 0 atom stereocenters. The Labute approximate surface area is 127 Å². The highest BCUT2D eigenvalue weighted by Gasteiger charge is 2.18. The number of thiazole rings is 1. The first-order valence-electron chi connectivity index (χ1n) is 6.09. The third-order valence-electron chi connectivity index (χ3n) is 2.01. The Balaban J connectivity index is 2.80.